The molecule has 1 amide bonds. The third-order valence-electron chi connectivity index (χ3n) is 4.91. The molecule has 6 nitrogen and oxygen atoms in total. The van der Waals surface area contributed by atoms with Crippen LogP contribution in [0, 0.1) is 6.92 Å². The number of aryl methyl sites for hydroxylation is 1. The van der Waals surface area contributed by atoms with E-state index in [4.69, 9.17) is 4.74 Å². The molecule has 0 aliphatic rings. The molecule has 8 heteroatoms. The molecule has 33 heavy (non-hydrogen) atoms. The highest BCUT2D eigenvalue weighted by molar-refractivity contribution is 7.99. The van der Waals surface area contributed by atoms with E-state index in [1.54, 1.807) is 54.2 Å². The number of nitrogens with one attached hydrogen (secondary N) is 1. The van der Waals surface area contributed by atoms with Crippen molar-refractivity contribution in [2.75, 3.05) is 30.3 Å². The van der Waals surface area contributed by atoms with Crippen LogP contribution in [0.2, 0.25) is 0 Å². The number of carbonyl (C=O) groups is 1. The Morgan fingerprint density at radius 1 is 0.970 bits per heavy atom. The highest BCUT2D eigenvalue weighted by Gasteiger charge is 2.27. The number of hydrogen-bond acceptors (Lipinski definition) is 5. The SMILES string of the molecule is COc1ccc(S(=O)(=O)N(CC(=O)NCCCSc2ccc(C)cc2)c2ccccc2)cc1. The first kappa shape index (κ1) is 24.7. The topological polar surface area (TPSA) is 75.7 Å². The molecule has 0 atom stereocenters. The van der Waals surface area contributed by atoms with Gasteiger partial charge in [-0.3, -0.25) is 9.10 Å². The number of amides is 1. The lowest BCUT2D eigenvalue weighted by molar-refractivity contribution is -0.119. The summed E-state index contributed by atoms with van der Waals surface area (Å²) in [6, 6.07) is 23.1. The fraction of sp³-hybridized carbons (Fsp3) is 0.240. The van der Waals surface area contributed by atoms with Crippen LogP contribution in [0.1, 0.15) is 12.0 Å². The molecule has 3 rings (SSSR count). The van der Waals surface area contributed by atoms with E-state index in [1.807, 2.05) is 0 Å². The maximum absolute atomic E-state index is 13.3. The molecule has 0 aliphatic heterocycles. The van der Waals surface area contributed by atoms with Crippen LogP contribution in [-0.2, 0) is 14.8 Å². The summed E-state index contributed by atoms with van der Waals surface area (Å²) in [5.41, 5.74) is 1.65. The molecule has 0 heterocycles. The summed E-state index contributed by atoms with van der Waals surface area (Å²) in [6.07, 6.45) is 0.779. The Morgan fingerprint density at radius 2 is 1.64 bits per heavy atom. The van der Waals surface area contributed by atoms with Crippen LogP contribution in [0.4, 0.5) is 5.69 Å². The van der Waals surface area contributed by atoms with E-state index in [1.165, 1.54) is 29.7 Å². The molecule has 3 aromatic rings. The number of anilines is 1. The average molecular weight is 485 g/mol. The van der Waals surface area contributed by atoms with Crippen molar-refractivity contribution in [3.05, 3.63) is 84.4 Å². The van der Waals surface area contributed by atoms with Crippen LogP contribution in [-0.4, -0.2) is 40.3 Å². The van der Waals surface area contributed by atoms with Gasteiger partial charge in [-0.1, -0.05) is 35.9 Å². The predicted octanol–water partition coefficient (Wildman–Crippen LogP) is 4.50. The highest BCUT2D eigenvalue weighted by Crippen LogP contribution is 2.25. The van der Waals surface area contributed by atoms with Gasteiger partial charge in [0.25, 0.3) is 10.0 Å². The Kier molecular flexibility index (Phi) is 8.79. The van der Waals surface area contributed by atoms with E-state index >= 15 is 0 Å². The molecule has 0 spiro atoms. The minimum atomic E-state index is -3.94. The molecule has 3 aromatic carbocycles. The van der Waals surface area contributed by atoms with E-state index in [0.717, 1.165) is 16.5 Å². The summed E-state index contributed by atoms with van der Waals surface area (Å²) in [5.74, 6) is 1.06. The number of rotatable bonds is 11. The molecule has 0 aromatic heterocycles. The molecule has 0 unspecified atom stereocenters. The average Bonchev–Trinajstić information content (AvgIpc) is 2.84. The third-order valence-corrected chi connectivity index (χ3v) is 7.80. The fourth-order valence-corrected chi connectivity index (χ4v) is 5.37. The van der Waals surface area contributed by atoms with E-state index < -0.39 is 10.0 Å². The van der Waals surface area contributed by atoms with E-state index in [9.17, 15) is 13.2 Å². The first-order valence-corrected chi connectivity index (χ1v) is 13.0. The van der Waals surface area contributed by atoms with Crippen LogP contribution in [0.5, 0.6) is 5.75 Å². The Bertz CT molecular complexity index is 1130. The maximum Gasteiger partial charge on any atom is 0.264 e. The standard InChI is InChI=1S/C25H28N2O4S2/c1-20-9-13-23(14-10-20)32-18-6-17-26-25(28)19-27(21-7-4-3-5-8-21)33(29,30)24-15-11-22(31-2)12-16-24/h3-5,7-16H,6,17-19H2,1-2H3,(H,26,28). The highest BCUT2D eigenvalue weighted by atomic mass is 32.2. The van der Waals surface area contributed by atoms with Crippen molar-refractivity contribution in [2.45, 2.75) is 23.1 Å². The van der Waals surface area contributed by atoms with Crippen LogP contribution in [0.3, 0.4) is 0 Å². The minimum absolute atomic E-state index is 0.0921. The van der Waals surface area contributed by atoms with Gasteiger partial charge in [-0.2, -0.15) is 0 Å². The third kappa shape index (κ3) is 7.00. The van der Waals surface area contributed by atoms with E-state index in [0.29, 0.717) is 18.0 Å². The molecule has 0 saturated carbocycles. The number of benzene rings is 3. The van der Waals surface area contributed by atoms with E-state index in [-0.39, 0.29) is 17.3 Å². The van der Waals surface area contributed by atoms with Gasteiger partial charge in [-0.15, -0.1) is 11.8 Å². The summed E-state index contributed by atoms with van der Waals surface area (Å²) >= 11 is 1.73. The molecule has 0 radical (unpaired) electrons. The summed E-state index contributed by atoms with van der Waals surface area (Å²) in [4.78, 5) is 13.9. The molecular weight excluding hydrogens is 456 g/mol. The molecule has 0 bridgehead atoms. The van der Waals surface area contributed by atoms with Gasteiger partial charge >= 0.3 is 0 Å². The van der Waals surface area contributed by atoms with Gasteiger partial charge in [0, 0.05) is 11.4 Å². The van der Waals surface area contributed by atoms with Crippen molar-refractivity contribution in [1.29, 1.82) is 0 Å². The van der Waals surface area contributed by atoms with Crippen molar-refractivity contribution in [1.82, 2.24) is 5.32 Å². The van der Waals surface area contributed by atoms with Crippen LogP contribution in [0.25, 0.3) is 0 Å². The first-order valence-electron chi connectivity index (χ1n) is 10.6. The number of para-hydroxylation sites is 1. The van der Waals surface area contributed by atoms with Gasteiger partial charge in [-0.05, 0) is 67.6 Å². The molecule has 0 fully saturated rings. The van der Waals surface area contributed by atoms with Gasteiger partial charge in [0.05, 0.1) is 17.7 Å². The lowest BCUT2D eigenvalue weighted by atomic mass is 10.2. The minimum Gasteiger partial charge on any atom is -0.497 e. The number of ether oxygens (including phenoxy) is 1. The smallest absolute Gasteiger partial charge is 0.264 e. The number of thioether (sulfide) groups is 1. The zero-order chi connectivity index (χ0) is 23.7. The zero-order valence-electron chi connectivity index (χ0n) is 18.7. The van der Waals surface area contributed by atoms with Crippen LogP contribution >= 0.6 is 11.8 Å². The summed E-state index contributed by atoms with van der Waals surface area (Å²) in [5, 5.41) is 2.84. The maximum atomic E-state index is 13.3. The van der Waals surface area contributed by atoms with Crippen molar-refractivity contribution in [3.63, 3.8) is 0 Å². The largest absolute Gasteiger partial charge is 0.497 e. The normalized spacial score (nSPS) is 11.1. The second-order valence-corrected chi connectivity index (χ2v) is 10.4. The summed E-state index contributed by atoms with van der Waals surface area (Å²) in [6.45, 7) is 2.23. The molecule has 174 valence electrons. The number of hydrogen-bond donors (Lipinski definition) is 1. The lowest BCUT2D eigenvalue weighted by Crippen LogP contribution is -2.41. The van der Waals surface area contributed by atoms with Crippen molar-refractivity contribution in [2.24, 2.45) is 0 Å². The summed E-state index contributed by atoms with van der Waals surface area (Å²) < 4.78 is 32.9. The monoisotopic (exact) mass is 484 g/mol. The van der Waals surface area contributed by atoms with Gasteiger partial charge in [0.2, 0.25) is 5.91 Å². The second-order valence-electron chi connectivity index (χ2n) is 7.39. The van der Waals surface area contributed by atoms with Crippen LogP contribution < -0.4 is 14.4 Å². The fourth-order valence-electron chi connectivity index (χ4n) is 3.10. The van der Waals surface area contributed by atoms with Gasteiger partial charge in [-0.25, -0.2) is 8.42 Å². The van der Waals surface area contributed by atoms with Crippen molar-refractivity contribution < 1.29 is 17.9 Å². The Morgan fingerprint density at radius 3 is 2.27 bits per heavy atom. The number of sulfonamides is 1. The van der Waals surface area contributed by atoms with Gasteiger partial charge in [0.15, 0.2) is 0 Å². The summed E-state index contributed by atoms with van der Waals surface area (Å²) in [7, 11) is -2.42. The second kappa shape index (κ2) is 11.8. The Hall–Kier alpha value is -2.97. The van der Waals surface area contributed by atoms with Gasteiger partial charge < -0.3 is 10.1 Å². The molecule has 0 aliphatic carbocycles. The Labute approximate surface area is 200 Å². The number of carbonyl (C=O) groups excluding carboxylic acids is 1. The van der Waals surface area contributed by atoms with Gasteiger partial charge in [0.1, 0.15) is 12.3 Å². The predicted molar refractivity (Wildman–Crippen MR) is 133 cm³/mol. The van der Waals surface area contributed by atoms with Crippen molar-refractivity contribution in [3.8, 4) is 5.75 Å². The van der Waals surface area contributed by atoms with Crippen LogP contribution in [0.15, 0.2) is 88.7 Å². The Balaban J connectivity index is 1.61. The van der Waals surface area contributed by atoms with Crippen molar-refractivity contribution >= 4 is 33.4 Å². The number of methoxy groups -OCH3 is 1. The lowest BCUT2D eigenvalue weighted by Gasteiger charge is -2.24. The first-order chi connectivity index (χ1) is 15.9. The quantitative estimate of drug-likeness (QED) is 0.320. The number of nitrogens with zero attached hydrogens (tertiary/aromatic N) is 1. The zero-order valence-corrected chi connectivity index (χ0v) is 20.4. The van der Waals surface area contributed by atoms with E-state index in [2.05, 4.69) is 36.5 Å². The molecule has 1 N–H and O–H groups in total. The molecule has 0 saturated heterocycles. The molecular formula is C25H28N2O4S2.